The number of carbonyl (C=O) groups excluding carboxylic acids is 1. The molecule has 2 aliphatic heterocycles. The van der Waals surface area contributed by atoms with E-state index < -0.39 is 11.0 Å². The van der Waals surface area contributed by atoms with E-state index in [-0.39, 0.29) is 17.5 Å². The molecule has 0 aliphatic carbocycles. The van der Waals surface area contributed by atoms with Gasteiger partial charge in [-0.05, 0) is 41.9 Å². The Morgan fingerprint density at radius 3 is 2.54 bits per heavy atom. The topological polar surface area (TPSA) is 88.8 Å². The third-order valence-electron chi connectivity index (χ3n) is 5.19. The first-order chi connectivity index (χ1) is 13.6. The van der Waals surface area contributed by atoms with Crippen molar-refractivity contribution in [1.82, 2.24) is 9.88 Å². The van der Waals surface area contributed by atoms with Crippen molar-refractivity contribution in [2.75, 3.05) is 31.1 Å². The quantitative estimate of drug-likeness (QED) is 0.583. The van der Waals surface area contributed by atoms with Crippen LogP contribution in [0.3, 0.4) is 0 Å². The summed E-state index contributed by atoms with van der Waals surface area (Å²) in [6.07, 6.45) is 2.77. The molecule has 3 heterocycles. The Hall–Kier alpha value is -3.00. The molecule has 2 aliphatic rings. The number of amides is 1. The lowest BCUT2D eigenvalue weighted by molar-refractivity contribution is -0.389. The van der Waals surface area contributed by atoms with Crippen LogP contribution in [0, 0.1) is 10.1 Å². The summed E-state index contributed by atoms with van der Waals surface area (Å²) in [5, 5.41) is 11.2. The standard InChI is InChI=1S/C20H22N4O4/c25-20-18(15-7-3-1-4-8-15)28-16-9-10-17(24(26)27)21-19(16)23(20)14-13-22-11-5-2-6-12-22/h1,3-4,7-10,18H,2,5-6,11-14H2. The molecule has 8 heteroatoms. The van der Waals surface area contributed by atoms with Crippen LogP contribution in [0.5, 0.6) is 5.75 Å². The van der Waals surface area contributed by atoms with Crippen molar-refractivity contribution in [3.05, 3.63) is 58.1 Å². The summed E-state index contributed by atoms with van der Waals surface area (Å²) in [6, 6.07) is 12.1. The number of nitrogens with zero attached hydrogens (tertiary/aromatic N) is 4. The van der Waals surface area contributed by atoms with Crippen LogP contribution < -0.4 is 9.64 Å². The number of aromatic nitrogens is 1. The summed E-state index contributed by atoms with van der Waals surface area (Å²) in [5.74, 6) is 0.0704. The second-order valence-corrected chi connectivity index (χ2v) is 7.05. The lowest BCUT2D eigenvalue weighted by Gasteiger charge is -2.33. The molecule has 4 rings (SSSR count). The number of nitro groups is 1. The second-order valence-electron chi connectivity index (χ2n) is 7.05. The minimum Gasteiger partial charge on any atom is -0.469 e. The molecule has 146 valence electrons. The van der Waals surface area contributed by atoms with Crippen LogP contribution in [0.25, 0.3) is 0 Å². The molecular weight excluding hydrogens is 360 g/mol. The highest BCUT2D eigenvalue weighted by molar-refractivity contribution is 5.99. The Kier molecular flexibility index (Phi) is 5.21. The molecule has 0 bridgehead atoms. The molecular formula is C20H22N4O4. The highest BCUT2D eigenvalue weighted by Crippen LogP contribution is 2.38. The number of likely N-dealkylation sites (tertiary alicyclic amines) is 1. The van der Waals surface area contributed by atoms with Gasteiger partial charge in [-0.3, -0.25) is 9.69 Å². The van der Waals surface area contributed by atoms with Gasteiger partial charge in [0, 0.05) is 24.7 Å². The first-order valence-electron chi connectivity index (χ1n) is 9.54. The molecule has 8 nitrogen and oxygen atoms in total. The number of anilines is 1. The van der Waals surface area contributed by atoms with E-state index in [1.807, 2.05) is 30.3 Å². The molecule has 28 heavy (non-hydrogen) atoms. The zero-order chi connectivity index (χ0) is 19.5. The fourth-order valence-corrected chi connectivity index (χ4v) is 3.71. The molecule has 0 N–H and O–H groups in total. The number of piperidine rings is 1. The average molecular weight is 382 g/mol. The summed E-state index contributed by atoms with van der Waals surface area (Å²) in [6.45, 7) is 3.15. The number of fused-ring (bicyclic) bond motifs is 1. The summed E-state index contributed by atoms with van der Waals surface area (Å²) >= 11 is 0. The van der Waals surface area contributed by atoms with Crippen molar-refractivity contribution >= 4 is 17.5 Å². The van der Waals surface area contributed by atoms with Crippen molar-refractivity contribution in [2.24, 2.45) is 0 Å². The van der Waals surface area contributed by atoms with Gasteiger partial charge in [-0.1, -0.05) is 36.8 Å². The first-order valence-corrected chi connectivity index (χ1v) is 9.54. The number of pyridine rings is 1. The van der Waals surface area contributed by atoms with Gasteiger partial charge < -0.3 is 19.8 Å². The Morgan fingerprint density at radius 2 is 1.82 bits per heavy atom. The van der Waals surface area contributed by atoms with Gasteiger partial charge in [-0.15, -0.1) is 0 Å². The number of rotatable bonds is 5. The highest BCUT2D eigenvalue weighted by Gasteiger charge is 2.39. The van der Waals surface area contributed by atoms with Crippen LogP contribution in [0.15, 0.2) is 42.5 Å². The Bertz CT molecular complexity index is 868. The lowest BCUT2D eigenvalue weighted by Crippen LogP contribution is -2.46. The number of hydrogen-bond acceptors (Lipinski definition) is 6. The van der Waals surface area contributed by atoms with E-state index in [4.69, 9.17) is 4.74 Å². The summed E-state index contributed by atoms with van der Waals surface area (Å²) in [4.78, 5) is 31.8. The Morgan fingerprint density at radius 1 is 1.07 bits per heavy atom. The minimum absolute atomic E-state index is 0.225. The molecule has 1 amide bonds. The third kappa shape index (κ3) is 3.68. The SMILES string of the molecule is O=C1C(c2ccccc2)Oc2ccc([N+](=O)[O-])nc2N1CCN1CCCCC1. The summed E-state index contributed by atoms with van der Waals surface area (Å²) in [5.41, 5.74) is 0.750. The van der Waals surface area contributed by atoms with Gasteiger partial charge in [0.05, 0.1) is 0 Å². The number of ether oxygens (including phenoxy) is 1. The Labute approximate surface area is 162 Å². The van der Waals surface area contributed by atoms with Gasteiger partial charge >= 0.3 is 5.82 Å². The molecule has 1 fully saturated rings. The van der Waals surface area contributed by atoms with Gasteiger partial charge in [0.1, 0.15) is 0 Å². The zero-order valence-corrected chi connectivity index (χ0v) is 15.5. The smallest absolute Gasteiger partial charge is 0.366 e. The third-order valence-corrected chi connectivity index (χ3v) is 5.19. The molecule has 0 radical (unpaired) electrons. The van der Waals surface area contributed by atoms with E-state index in [1.165, 1.54) is 23.5 Å². The van der Waals surface area contributed by atoms with Crippen molar-refractivity contribution in [3.8, 4) is 5.75 Å². The summed E-state index contributed by atoms with van der Waals surface area (Å²) in [7, 11) is 0. The fourth-order valence-electron chi connectivity index (χ4n) is 3.71. The van der Waals surface area contributed by atoms with Gasteiger partial charge in [0.2, 0.25) is 6.10 Å². The molecule has 1 aromatic heterocycles. The van der Waals surface area contributed by atoms with Gasteiger partial charge in [-0.25, -0.2) is 0 Å². The second kappa shape index (κ2) is 7.93. The maximum absolute atomic E-state index is 13.2. The molecule has 1 unspecified atom stereocenters. The molecule has 0 spiro atoms. The first kappa shape index (κ1) is 18.4. The fraction of sp³-hybridized carbons (Fsp3) is 0.400. The van der Waals surface area contributed by atoms with Crippen LogP contribution >= 0.6 is 0 Å². The largest absolute Gasteiger partial charge is 0.469 e. The van der Waals surface area contributed by atoms with Crippen LogP contribution in [-0.4, -0.2) is 46.9 Å². The maximum Gasteiger partial charge on any atom is 0.366 e. The van der Waals surface area contributed by atoms with Gasteiger partial charge in [0.25, 0.3) is 11.7 Å². The molecule has 0 saturated carbocycles. The zero-order valence-electron chi connectivity index (χ0n) is 15.5. The molecule has 1 atom stereocenters. The van der Waals surface area contributed by atoms with Crippen LogP contribution in [0.2, 0.25) is 0 Å². The average Bonchev–Trinajstić information content (AvgIpc) is 2.73. The molecule has 2 aromatic rings. The van der Waals surface area contributed by atoms with E-state index in [1.54, 1.807) is 0 Å². The van der Waals surface area contributed by atoms with E-state index >= 15 is 0 Å². The summed E-state index contributed by atoms with van der Waals surface area (Å²) < 4.78 is 5.90. The maximum atomic E-state index is 13.2. The van der Waals surface area contributed by atoms with Crippen LogP contribution in [0.4, 0.5) is 11.6 Å². The predicted octanol–water partition coefficient (Wildman–Crippen LogP) is 2.94. The lowest BCUT2D eigenvalue weighted by atomic mass is 10.1. The predicted molar refractivity (Wildman–Crippen MR) is 103 cm³/mol. The van der Waals surface area contributed by atoms with Crippen molar-refractivity contribution in [1.29, 1.82) is 0 Å². The number of carbonyl (C=O) groups is 1. The minimum atomic E-state index is -0.779. The van der Waals surface area contributed by atoms with Gasteiger partial charge in [0.15, 0.2) is 5.75 Å². The van der Waals surface area contributed by atoms with E-state index in [9.17, 15) is 14.9 Å². The van der Waals surface area contributed by atoms with Crippen LogP contribution in [0.1, 0.15) is 30.9 Å². The van der Waals surface area contributed by atoms with Crippen molar-refractivity contribution < 1.29 is 14.5 Å². The Balaban J connectivity index is 1.65. The molecule has 1 saturated heterocycles. The van der Waals surface area contributed by atoms with E-state index in [2.05, 4.69) is 9.88 Å². The van der Waals surface area contributed by atoms with Crippen LogP contribution in [-0.2, 0) is 4.79 Å². The van der Waals surface area contributed by atoms with E-state index in [0.717, 1.165) is 31.5 Å². The monoisotopic (exact) mass is 382 g/mol. The number of benzene rings is 1. The van der Waals surface area contributed by atoms with Gasteiger partial charge in [-0.2, -0.15) is 0 Å². The van der Waals surface area contributed by atoms with E-state index in [0.29, 0.717) is 18.8 Å². The van der Waals surface area contributed by atoms with Crippen molar-refractivity contribution in [3.63, 3.8) is 0 Å². The normalized spacial score (nSPS) is 19.8. The number of hydrogen-bond donors (Lipinski definition) is 0. The molecule has 1 aromatic carbocycles. The highest BCUT2D eigenvalue weighted by atomic mass is 16.6. The van der Waals surface area contributed by atoms with Crippen molar-refractivity contribution in [2.45, 2.75) is 25.4 Å².